The van der Waals surface area contributed by atoms with Crippen molar-refractivity contribution in [3.05, 3.63) is 234 Å². The second kappa shape index (κ2) is 32.9. The van der Waals surface area contributed by atoms with E-state index in [2.05, 4.69) is 9.97 Å². The van der Waals surface area contributed by atoms with Gasteiger partial charge in [-0.2, -0.15) is 36.3 Å². The van der Waals surface area contributed by atoms with Gasteiger partial charge in [0.25, 0.3) is 11.1 Å². The zero-order chi connectivity index (χ0) is 93.7. The van der Waals surface area contributed by atoms with Crippen molar-refractivity contribution in [2.75, 3.05) is 52.2 Å². The van der Waals surface area contributed by atoms with Crippen LogP contribution >= 0.6 is 23.5 Å². The van der Waals surface area contributed by atoms with Crippen LogP contribution in [0.3, 0.4) is 0 Å². The van der Waals surface area contributed by atoms with E-state index in [9.17, 15) is 56.4 Å². The summed E-state index contributed by atoms with van der Waals surface area (Å²) in [6, 6.07) is -1.81. The first-order chi connectivity index (χ1) is 56.8. The number of hydrogen-bond donors (Lipinski definition) is 0. The third-order valence-electron chi connectivity index (χ3n) is 14.8. The van der Waals surface area contributed by atoms with E-state index in [1.165, 1.54) is 48.2 Å². The fourth-order valence-electron chi connectivity index (χ4n) is 9.68. The predicted octanol–water partition coefficient (Wildman–Crippen LogP) is 15.2. The number of benzene rings is 6. The highest BCUT2D eigenvalue weighted by atomic mass is 32.2. The second-order valence-corrected chi connectivity index (χ2v) is 22.9. The number of rotatable bonds is 26. The molecule has 0 spiro atoms. The van der Waals surface area contributed by atoms with Gasteiger partial charge in [-0.1, -0.05) is 155 Å². The molecule has 0 bridgehead atoms. The van der Waals surface area contributed by atoms with Gasteiger partial charge in [-0.3, -0.25) is 19.2 Å². The van der Waals surface area contributed by atoms with Crippen molar-refractivity contribution in [2.45, 2.75) is 133 Å². The summed E-state index contributed by atoms with van der Waals surface area (Å²) in [5.41, 5.74) is -8.27. The first-order valence-corrected chi connectivity index (χ1v) is 31.5. The van der Waals surface area contributed by atoms with Gasteiger partial charge in [0.1, 0.15) is 24.7 Å². The third-order valence-corrected chi connectivity index (χ3v) is 16.8. The van der Waals surface area contributed by atoms with Crippen molar-refractivity contribution in [1.29, 1.82) is 0 Å². The molecule has 2 atom stereocenters. The minimum Gasteiger partial charge on any atom is -0.336 e. The Morgan fingerprint density at radius 2 is 1.15 bits per heavy atom. The Morgan fingerprint density at radius 3 is 1.72 bits per heavy atom. The van der Waals surface area contributed by atoms with Gasteiger partial charge in [-0.05, 0) is 164 Å². The predicted molar refractivity (Wildman–Crippen MR) is 362 cm³/mol. The molecule has 0 fully saturated rings. The fourth-order valence-corrected chi connectivity index (χ4v) is 11.5. The lowest BCUT2D eigenvalue weighted by molar-refractivity contribution is -0.138. The van der Waals surface area contributed by atoms with Crippen molar-refractivity contribution in [2.24, 2.45) is 5.89 Å². The average molecular weight is 1390 g/mol. The Hall–Kier alpha value is -7.92. The summed E-state index contributed by atoms with van der Waals surface area (Å²) in [4.78, 5) is 66.9. The number of nitrogens with zero attached hydrogens (tertiary/aromatic N) is 8. The Labute approximate surface area is 603 Å². The quantitative estimate of drug-likeness (QED) is 0.0295. The number of amides is 2. The summed E-state index contributed by atoms with van der Waals surface area (Å²) < 4.78 is 353. The smallest absolute Gasteiger partial charge is 0.336 e. The van der Waals surface area contributed by atoms with Gasteiger partial charge < -0.3 is 28.7 Å². The molecule has 0 saturated carbocycles. The lowest BCUT2D eigenvalue weighted by Crippen LogP contribution is -2.42. The summed E-state index contributed by atoms with van der Waals surface area (Å²) in [7, 11) is 0. The summed E-state index contributed by atoms with van der Waals surface area (Å²) >= 11 is 1.45. The number of thioether (sulfide) groups is 2. The first-order valence-electron chi connectivity index (χ1n) is 43.5. The van der Waals surface area contributed by atoms with E-state index in [0.29, 0.717) is 67.8 Å². The fraction of sp³-hybridized carbons (Fsp3) is 0.378. The van der Waals surface area contributed by atoms with Crippen molar-refractivity contribution in [3.8, 4) is 22.3 Å². The molecule has 0 aliphatic heterocycles. The summed E-state index contributed by atoms with van der Waals surface area (Å²) in [6.45, 7) is -11.7. The molecule has 10 rings (SSSR count). The van der Waals surface area contributed by atoms with Gasteiger partial charge in [0, 0.05) is 81.7 Å². The molecular formula is C74H80F8N8O4S2. The van der Waals surface area contributed by atoms with Gasteiger partial charge in [-0.15, -0.1) is 0 Å². The van der Waals surface area contributed by atoms with Crippen LogP contribution in [0.5, 0.6) is 0 Å². The van der Waals surface area contributed by atoms with Crippen molar-refractivity contribution >= 4 is 35.3 Å². The normalized spacial score (nSPS) is 21.0. The highest BCUT2D eigenvalue weighted by Crippen LogP contribution is 2.35. The Morgan fingerprint density at radius 1 is 0.615 bits per heavy atom. The van der Waals surface area contributed by atoms with Gasteiger partial charge in [0.2, 0.25) is 11.8 Å². The average Bonchev–Trinajstić information content (AvgIpc) is 1.51. The largest absolute Gasteiger partial charge is 0.416 e. The molecule has 2 aliphatic rings. The molecule has 508 valence electrons. The zero-order valence-corrected chi connectivity index (χ0v) is 53.9. The molecule has 12 nitrogen and oxygen atoms in total. The molecule has 6 aromatic carbocycles. The number of fused-ring (bicyclic) bond motifs is 2. The summed E-state index contributed by atoms with van der Waals surface area (Å²) in [5, 5.41) is -0.601. The van der Waals surface area contributed by atoms with Crippen LogP contribution < -0.4 is 11.1 Å². The molecule has 0 radical (unpaired) electrons. The number of carbonyl (C=O) groups excluding carboxylic acids is 2. The van der Waals surface area contributed by atoms with Crippen LogP contribution in [0.2, 0.25) is 0 Å². The molecule has 22 heteroatoms. The minimum absolute atomic E-state index is 0.100. The van der Waals surface area contributed by atoms with E-state index >= 15 is 4.79 Å². The number of likely N-dealkylation sites (N-methyl/N-ethyl adjacent to an activating group) is 2. The lowest BCUT2D eigenvalue weighted by atomic mass is 9.99. The van der Waals surface area contributed by atoms with Crippen LogP contribution in [0.4, 0.5) is 35.1 Å². The molecule has 96 heavy (non-hydrogen) atoms. The molecule has 2 aromatic heterocycles. The number of aromatic nitrogens is 4. The Balaban J connectivity index is 0.000000293. The summed E-state index contributed by atoms with van der Waals surface area (Å²) in [6.07, 6.45) is -14.9. The Bertz CT molecular complexity index is 5500. The highest BCUT2D eigenvalue weighted by Gasteiger charge is 2.33. The van der Waals surface area contributed by atoms with Crippen LogP contribution in [0.15, 0.2) is 165 Å². The van der Waals surface area contributed by atoms with Gasteiger partial charge in [0.05, 0.1) is 40.4 Å². The van der Waals surface area contributed by atoms with Crippen molar-refractivity contribution in [3.63, 3.8) is 0 Å². The number of carbonyl (C=O) groups is 2. The van der Waals surface area contributed by atoms with E-state index < -0.39 is 258 Å². The zero-order valence-electron chi connectivity index (χ0n) is 80.3. The first kappa shape index (κ1) is 43.4. The Kier molecular flexibility index (Phi) is 14.9. The number of hydrogen-bond acceptors (Lipinski definition) is 10. The molecule has 2 amide bonds. The number of alkyl halides is 6. The van der Waals surface area contributed by atoms with Crippen molar-refractivity contribution in [1.82, 2.24) is 38.7 Å². The molecule has 0 saturated heterocycles. The molecule has 2 unspecified atom stereocenters. The standard InChI is InChI=1S/2C37H40F4N4O2S/c1-4-43(5-2)18-19-44(22-26-6-10-28(11-7-26)29-12-14-30(15-13-29)37(39,40)41)34(46)23-45-33-21-25(3)20-32(33)35(47)42-36(45)48-24-27-8-16-31(38)17-9-27;1-4-43(5-2)21-22-44(25(3)27-11-13-28(14-12-27)29-15-17-30(18-16-29)37(39,40)41)34(46)23-45-33-8-6-7-32(33)35(47)42-36(45)48-24-26-9-19-31(38)20-10-26/h6-17,25H,4-5,18-24H2,1-3H3;9-20,25H,4-8,21-24H2,1-3H3/i4D2,5D2,6D,7D,8D,9D,10D,11D,12D,13D,14D,15D,16D,17D,20D2,21D2,22D2,25D;21D2,22D2,25D. The van der Waals surface area contributed by atoms with Gasteiger partial charge in [-0.25, -0.2) is 8.78 Å². The van der Waals surface area contributed by atoms with Crippen LogP contribution in [-0.2, 0) is 78.6 Å². The van der Waals surface area contributed by atoms with Gasteiger partial charge in [0.15, 0.2) is 10.3 Å². The van der Waals surface area contributed by atoms with E-state index in [4.69, 9.17) is 31.5 Å². The summed E-state index contributed by atoms with van der Waals surface area (Å²) in [5.74, 6) is -7.91. The van der Waals surface area contributed by atoms with Crippen LogP contribution in [0.25, 0.3) is 22.3 Å². The molecular weight excluding hydrogens is 1280 g/mol. The van der Waals surface area contributed by atoms with Crippen molar-refractivity contribution < 1.29 is 83.1 Å². The van der Waals surface area contributed by atoms with E-state index in [0.717, 1.165) is 50.2 Å². The van der Waals surface area contributed by atoms with Crippen LogP contribution in [0, 0.1) is 17.5 Å². The molecule has 2 heterocycles. The molecule has 0 N–H and O–H groups in total. The monoisotopic (exact) mass is 1390 g/mol. The maximum atomic E-state index is 15.0. The van der Waals surface area contributed by atoms with Gasteiger partial charge >= 0.3 is 12.4 Å². The molecule has 2 aliphatic carbocycles. The topological polar surface area (TPSA) is 117 Å². The van der Waals surface area contributed by atoms with E-state index in [-0.39, 0.29) is 34.5 Å². The molecule has 8 aromatic rings. The van der Waals surface area contributed by atoms with Crippen LogP contribution in [-0.4, -0.2) is 103 Å². The number of halogens is 8. The minimum atomic E-state index is -5.44. The maximum Gasteiger partial charge on any atom is 0.416 e. The van der Waals surface area contributed by atoms with Crippen LogP contribution in [0.1, 0.15) is 148 Å². The van der Waals surface area contributed by atoms with E-state index in [1.54, 1.807) is 42.7 Å². The maximum absolute atomic E-state index is 15.0. The van der Waals surface area contributed by atoms with E-state index in [1.807, 2.05) is 0 Å². The second-order valence-electron chi connectivity index (χ2n) is 21.1. The lowest BCUT2D eigenvalue weighted by Gasteiger charge is -2.33. The third kappa shape index (κ3) is 18.8. The highest BCUT2D eigenvalue weighted by molar-refractivity contribution is 7.98. The SMILES string of the molecule is [2H]C(C)(c1ccc(-c2ccc(C(F)(F)F)cc2)cc1)N(C(=O)Cn1c(SCc2ccc(F)cc2)nc(=O)c2c1CCC2)C([2H])([2H])C([2H])([2H])N(CC)CC.[2H]c1c([2H])c(CSc2nc(=O)c3c(n2CC(=O)N(CCN(C([2H])([2H])C)C([2H])([2H])C)C([2H])([2H])c2c([2H])c([2H])c(-c4c([2H])c([2H])c(C(F)(F)F)c([2H])c4[2H])c([2H])c2[2H])C([2H])([2H])C([2H])(C)C3([2H])[2H])c([2H])c([2H])c1F.